The number of rotatable bonds is 4. The molecule has 5 aromatic carbocycles. The van der Waals surface area contributed by atoms with Gasteiger partial charge < -0.3 is 0 Å². The van der Waals surface area contributed by atoms with E-state index in [-0.39, 0.29) is 32.8 Å². The molecule has 0 saturated heterocycles. The fourth-order valence-electron chi connectivity index (χ4n) is 8.54. The SMILES string of the molecule is CC(C)(C)c1cc(-c2c(-c3ccccc3C(F)(F)F)c(C(C)(C)C)c(-c3cc(C(C)(C)C)cc(C(C)(C)C)c3)c(-c3ccccc3C(F)(F)F)c2C(C)(C)C)cc(C(C)(C)C)c1. The van der Waals surface area contributed by atoms with Crippen molar-refractivity contribution in [3.63, 3.8) is 0 Å². The maximum absolute atomic E-state index is 15.7. The van der Waals surface area contributed by atoms with Crippen LogP contribution in [0.2, 0.25) is 0 Å². The van der Waals surface area contributed by atoms with Gasteiger partial charge in [-0.05, 0) is 123 Å². The number of benzene rings is 5. The summed E-state index contributed by atoms with van der Waals surface area (Å²) in [5, 5.41) is 0. The molecule has 0 spiro atoms. The van der Waals surface area contributed by atoms with Gasteiger partial charge in [0, 0.05) is 0 Å². The van der Waals surface area contributed by atoms with E-state index in [1.54, 1.807) is 24.3 Å². The number of hydrogen-bond acceptors (Lipinski definition) is 0. The molecule has 0 N–H and O–H groups in total. The molecule has 0 aliphatic heterocycles. The Balaban J connectivity index is 2.39. The van der Waals surface area contributed by atoms with Crippen molar-refractivity contribution in [2.45, 2.75) is 169 Å². The molecule has 334 valence electrons. The summed E-state index contributed by atoms with van der Waals surface area (Å²) >= 11 is 0. The molecule has 0 radical (unpaired) electrons. The number of hydrogen-bond donors (Lipinski definition) is 0. The molecule has 0 amide bonds. The number of halogens is 6. The molecule has 5 aromatic rings. The highest BCUT2D eigenvalue weighted by molar-refractivity contribution is 6.04. The van der Waals surface area contributed by atoms with Crippen LogP contribution in [0.25, 0.3) is 44.5 Å². The summed E-state index contributed by atoms with van der Waals surface area (Å²) in [6.07, 6.45) is -9.50. The fourth-order valence-corrected chi connectivity index (χ4v) is 8.54. The molecule has 0 saturated carbocycles. The molecule has 6 heteroatoms. The van der Waals surface area contributed by atoms with E-state index in [1.165, 1.54) is 12.1 Å². The van der Waals surface area contributed by atoms with Crippen LogP contribution in [0.4, 0.5) is 26.3 Å². The van der Waals surface area contributed by atoms with E-state index in [2.05, 4.69) is 119 Å². The highest BCUT2D eigenvalue weighted by atomic mass is 19.4. The zero-order valence-corrected chi connectivity index (χ0v) is 40.4. The molecule has 0 fully saturated rings. The van der Waals surface area contributed by atoms with Crippen molar-refractivity contribution >= 4 is 0 Å². The summed E-state index contributed by atoms with van der Waals surface area (Å²) in [4.78, 5) is 0. The van der Waals surface area contributed by atoms with Crippen LogP contribution in [-0.2, 0) is 44.8 Å². The normalized spacial score (nSPS) is 13.8. The van der Waals surface area contributed by atoms with Gasteiger partial charge in [-0.1, -0.05) is 197 Å². The zero-order chi connectivity index (χ0) is 47.1. The predicted octanol–water partition coefficient (Wildman–Crippen LogP) is 18.2. The molecular formula is C56H68F6. The van der Waals surface area contributed by atoms with E-state index in [1.807, 2.05) is 41.5 Å². The molecule has 0 bridgehead atoms. The minimum Gasteiger partial charge on any atom is -0.166 e. The monoisotopic (exact) mass is 855 g/mol. The largest absolute Gasteiger partial charge is 0.417 e. The molecule has 0 aliphatic carbocycles. The Morgan fingerprint density at radius 1 is 0.290 bits per heavy atom. The Labute approximate surface area is 368 Å². The van der Waals surface area contributed by atoms with Crippen LogP contribution in [0.1, 0.15) is 169 Å². The van der Waals surface area contributed by atoms with Gasteiger partial charge in [0.05, 0.1) is 11.1 Å². The van der Waals surface area contributed by atoms with Gasteiger partial charge in [-0.25, -0.2) is 0 Å². The first-order valence-corrected chi connectivity index (χ1v) is 21.8. The maximum Gasteiger partial charge on any atom is 0.417 e. The lowest BCUT2D eigenvalue weighted by Gasteiger charge is -2.39. The van der Waals surface area contributed by atoms with E-state index in [4.69, 9.17) is 0 Å². The molecule has 0 aliphatic rings. The van der Waals surface area contributed by atoms with Crippen molar-refractivity contribution in [2.24, 2.45) is 0 Å². The van der Waals surface area contributed by atoms with E-state index in [0.29, 0.717) is 44.5 Å². The molecule has 0 unspecified atom stereocenters. The fraction of sp³-hybridized carbons (Fsp3) is 0.464. The van der Waals surface area contributed by atoms with Gasteiger partial charge in [-0.2, -0.15) is 26.3 Å². The molecular weight excluding hydrogens is 787 g/mol. The van der Waals surface area contributed by atoms with Gasteiger partial charge in [-0.15, -0.1) is 0 Å². The second-order valence-electron chi connectivity index (χ2n) is 23.4. The van der Waals surface area contributed by atoms with Crippen LogP contribution < -0.4 is 0 Å². The Hall–Kier alpha value is -4.32. The first-order valence-electron chi connectivity index (χ1n) is 21.8. The van der Waals surface area contributed by atoms with Crippen LogP contribution in [0.5, 0.6) is 0 Å². The lowest BCUT2D eigenvalue weighted by molar-refractivity contribution is -0.137. The summed E-state index contributed by atoms with van der Waals surface area (Å²) in [6, 6.07) is 24.0. The van der Waals surface area contributed by atoms with Crippen molar-refractivity contribution in [1.82, 2.24) is 0 Å². The molecule has 0 atom stereocenters. The van der Waals surface area contributed by atoms with E-state index >= 15 is 26.3 Å². The Bertz CT molecular complexity index is 2230. The van der Waals surface area contributed by atoms with E-state index < -0.39 is 34.3 Å². The summed E-state index contributed by atoms with van der Waals surface area (Å²) in [5.41, 5.74) is 3.14. The third kappa shape index (κ3) is 9.90. The van der Waals surface area contributed by atoms with Crippen LogP contribution in [-0.4, -0.2) is 0 Å². The maximum atomic E-state index is 15.7. The Kier molecular flexibility index (Phi) is 12.4. The third-order valence-electron chi connectivity index (χ3n) is 11.9. The van der Waals surface area contributed by atoms with Crippen LogP contribution in [0.15, 0.2) is 84.9 Å². The highest BCUT2D eigenvalue weighted by Gasteiger charge is 2.43. The summed E-state index contributed by atoms with van der Waals surface area (Å²) in [5.74, 6) is 0. The standard InChI is InChI=1S/C56H68F6/c1-49(2,3)35-27-33(28-36(31-35)50(4,5)6)43-45(39-23-19-21-25-41(39)55(57,58)59)48(54(16,17)18)44(34-29-37(51(7,8)9)32-38(30-34)52(10,11)12)46(47(43)53(13,14)15)40-24-20-22-26-42(40)56(60,61)62/h19-32H,1-18H3. The first kappa shape index (κ1) is 48.7. The highest BCUT2D eigenvalue weighted by Crippen LogP contribution is 2.58. The lowest BCUT2D eigenvalue weighted by Crippen LogP contribution is -2.24. The average Bonchev–Trinajstić information content (AvgIpc) is 3.10. The Morgan fingerprint density at radius 2 is 0.532 bits per heavy atom. The van der Waals surface area contributed by atoms with Crippen LogP contribution >= 0.6 is 0 Å². The van der Waals surface area contributed by atoms with Crippen molar-refractivity contribution in [3.05, 3.63) is 129 Å². The lowest BCUT2D eigenvalue weighted by atomic mass is 9.64. The zero-order valence-electron chi connectivity index (χ0n) is 40.4. The second kappa shape index (κ2) is 15.7. The second-order valence-corrected chi connectivity index (χ2v) is 23.4. The minimum atomic E-state index is -4.75. The third-order valence-corrected chi connectivity index (χ3v) is 11.9. The predicted molar refractivity (Wildman–Crippen MR) is 250 cm³/mol. The van der Waals surface area contributed by atoms with Crippen molar-refractivity contribution in [1.29, 1.82) is 0 Å². The number of alkyl halides is 6. The van der Waals surface area contributed by atoms with Gasteiger partial charge in [0.2, 0.25) is 0 Å². The van der Waals surface area contributed by atoms with Crippen LogP contribution in [0, 0.1) is 0 Å². The van der Waals surface area contributed by atoms with E-state index in [9.17, 15) is 0 Å². The average molecular weight is 855 g/mol. The molecule has 0 heterocycles. The van der Waals surface area contributed by atoms with Gasteiger partial charge in [0.15, 0.2) is 0 Å². The molecule has 62 heavy (non-hydrogen) atoms. The smallest absolute Gasteiger partial charge is 0.166 e. The molecule has 0 nitrogen and oxygen atoms in total. The van der Waals surface area contributed by atoms with Crippen molar-refractivity contribution in [3.8, 4) is 44.5 Å². The van der Waals surface area contributed by atoms with Crippen molar-refractivity contribution in [2.75, 3.05) is 0 Å². The van der Waals surface area contributed by atoms with Gasteiger partial charge in [0.1, 0.15) is 0 Å². The van der Waals surface area contributed by atoms with Crippen molar-refractivity contribution < 1.29 is 26.3 Å². The topological polar surface area (TPSA) is 0 Å². The van der Waals surface area contributed by atoms with Gasteiger partial charge in [-0.3, -0.25) is 0 Å². The molecule has 0 aromatic heterocycles. The van der Waals surface area contributed by atoms with E-state index in [0.717, 1.165) is 34.4 Å². The minimum absolute atomic E-state index is 0.0103. The Morgan fingerprint density at radius 3 is 0.742 bits per heavy atom. The molecule has 5 rings (SSSR count). The quantitative estimate of drug-likeness (QED) is 0.158. The first-order chi connectivity index (χ1) is 27.8. The summed E-state index contributed by atoms with van der Waals surface area (Å²) in [7, 11) is 0. The summed E-state index contributed by atoms with van der Waals surface area (Å²) < 4.78 is 94.0. The van der Waals surface area contributed by atoms with Gasteiger partial charge >= 0.3 is 12.4 Å². The van der Waals surface area contributed by atoms with Crippen LogP contribution in [0.3, 0.4) is 0 Å². The summed E-state index contributed by atoms with van der Waals surface area (Å²) in [6.45, 7) is 37.1. The van der Waals surface area contributed by atoms with Gasteiger partial charge in [0.25, 0.3) is 0 Å².